The molecule has 2 aromatic carbocycles. The highest BCUT2D eigenvalue weighted by Crippen LogP contribution is 2.42. The Labute approximate surface area is 190 Å². The van der Waals surface area contributed by atoms with Crippen LogP contribution >= 0.6 is 0 Å². The zero-order valence-corrected chi connectivity index (χ0v) is 19.6. The van der Waals surface area contributed by atoms with Gasteiger partial charge in [0.05, 0.1) is 0 Å². The molecular formula is C30H42O. The number of rotatable bonds is 8. The van der Waals surface area contributed by atoms with Crippen molar-refractivity contribution in [1.82, 2.24) is 0 Å². The first-order chi connectivity index (χ1) is 15.2. The van der Waals surface area contributed by atoms with Gasteiger partial charge in [0.15, 0.2) is 0 Å². The normalized spacial score (nSPS) is 26.6. The second-order valence-electron chi connectivity index (χ2n) is 10.6. The van der Waals surface area contributed by atoms with Crippen LogP contribution in [0.25, 0.3) is 11.1 Å². The fourth-order valence-corrected chi connectivity index (χ4v) is 6.09. The molecule has 0 aliphatic heterocycles. The van der Waals surface area contributed by atoms with E-state index < -0.39 is 0 Å². The molecule has 1 nitrogen and oxygen atoms in total. The lowest BCUT2D eigenvalue weighted by Crippen LogP contribution is -2.25. The molecule has 0 amide bonds. The number of aliphatic hydroxyl groups is 1. The molecule has 2 fully saturated rings. The Bertz CT molecular complexity index is 759. The lowest BCUT2D eigenvalue weighted by Gasteiger charge is -2.37. The molecule has 31 heavy (non-hydrogen) atoms. The predicted octanol–water partition coefficient (Wildman–Crippen LogP) is 7.84. The van der Waals surface area contributed by atoms with Crippen molar-refractivity contribution in [3.63, 3.8) is 0 Å². The van der Waals surface area contributed by atoms with Crippen molar-refractivity contribution in [2.24, 2.45) is 23.7 Å². The van der Waals surface area contributed by atoms with E-state index in [0.29, 0.717) is 0 Å². The summed E-state index contributed by atoms with van der Waals surface area (Å²) < 4.78 is 0. The van der Waals surface area contributed by atoms with Gasteiger partial charge in [0.2, 0.25) is 0 Å². The van der Waals surface area contributed by atoms with Crippen molar-refractivity contribution < 1.29 is 5.11 Å². The fourth-order valence-electron chi connectivity index (χ4n) is 6.09. The molecule has 2 saturated carbocycles. The summed E-state index contributed by atoms with van der Waals surface area (Å²) in [6.45, 7) is 2.71. The number of hydrogen-bond acceptors (Lipinski definition) is 1. The minimum atomic E-state index is 0.268. The predicted molar refractivity (Wildman–Crippen MR) is 132 cm³/mol. The average molecular weight is 419 g/mol. The van der Waals surface area contributed by atoms with Crippen LogP contribution in [-0.4, -0.2) is 11.7 Å². The molecule has 2 aliphatic carbocycles. The summed E-state index contributed by atoms with van der Waals surface area (Å²) in [6.07, 6.45) is 16.3. The summed E-state index contributed by atoms with van der Waals surface area (Å²) in [4.78, 5) is 0. The van der Waals surface area contributed by atoms with E-state index in [2.05, 4.69) is 55.5 Å². The van der Waals surface area contributed by atoms with Crippen molar-refractivity contribution in [1.29, 1.82) is 0 Å². The van der Waals surface area contributed by atoms with Gasteiger partial charge in [-0.2, -0.15) is 0 Å². The average Bonchev–Trinajstić information content (AvgIpc) is 2.83. The van der Waals surface area contributed by atoms with Gasteiger partial charge in [-0.25, -0.2) is 0 Å². The zero-order chi connectivity index (χ0) is 21.5. The van der Waals surface area contributed by atoms with Crippen LogP contribution < -0.4 is 0 Å². The molecule has 2 aliphatic rings. The Balaban J connectivity index is 1.21. The van der Waals surface area contributed by atoms with E-state index in [1.165, 1.54) is 86.5 Å². The molecule has 0 aromatic heterocycles. The largest absolute Gasteiger partial charge is 0.396 e. The fraction of sp³-hybridized carbons (Fsp3) is 0.600. The van der Waals surface area contributed by atoms with Crippen LogP contribution in [-0.2, 0) is 12.8 Å². The summed E-state index contributed by atoms with van der Waals surface area (Å²) in [6, 6.07) is 18.1. The van der Waals surface area contributed by atoms with Crippen LogP contribution in [0, 0.1) is 23.7 Å². The van der Waals surface area contributed by atoms with Gasteiger partial charge in [-0.15, -0.1) is 0 Å². The monoisotopic (exact) mass is 418 g/mol. The SMILES string of the molecule is C[C@H]1CC[C@H](C2CCC(CCc3ccc(-c4ccc(CCCO)cc4)cc3)CC2)CC1. The van der Waals surface area contributed by atoms with Crippen molar-refractivity contribution in [3.05, 3.63) is 59.7 Å². The summed E-state index contributed by atoms with van der Waals surface area (Å²) in [5, 5.41) is 8.99. The molecule has 0 bridgehead atoms. The van der Waals surface area contributed by atoms with Gasteiger partial charge in [0, 0.05) is 6.61 Å². The van der Waals surface area contributed by atoms with E-state index in [1.807, 2.05) is 0 Å². The topological polar surface area (TPSA) is 20.2 Å². The van der Waals surface area contributed by atoms with E-state index in [0.717, 1.165) is 36.5 Å². The van der Waals surface area contributed by atoms with Crippen molar-refractivity contribution in [2.75, 3.05) is 6.61 Å². The summed E-state index contributed by atoms with van der Waals surface area (Å²) in [5.41, 5.74) is 5.39. The van der Waals surface area contributed by atoms with E-state index in [-0.39, 0.29) is 6.61 Å². The van der Waals surface area contributed by atoms with E-state index in [1.54, 1.807) is 0 Å². The second kappa shape index (κ2) is 11.3. The van der Waals surface area contributed by atoms with Crippen LogP contribution in [0.1, 0.15) is 82.3 Å². The quantitative estimate of drug-likeness (QED) is 0.463. The van der Waals surface area contributed by atoms with Crippen molar-refractivity contribution in [2.45, 2.75) is 84.0 Å². The van der Waals surface area contributed by atoms with Gasteiger partial charge in [0.1, 0.15) is 0 Å². The maximum absolute atomic E-state index is 8.99. The second-order valence-corrected chi connectivity index (χ2v) is 10.6. The molecule has 4 rings (SSSR count). The lowest BCUT2D eigenvalue weighted by atomic mass is 9.69. The lowest BCUT2D eigenvalue weighted by molar-refractivity contribution is 0.148. The first-order valence-corrected chi connectivity index (χ1v) is 13.0. The number of hydrogen-bond donors (Lipinski definition) is 1. The first kappa shape index (κ1) is 22.6. The Hall–Kier alpha value is -1.60. The van der Waals surface area contributed by atoms with Crippen molar-refractivity contribution >= 4 is 0 Å². The van der Waals surface area contributed by atoms with Crippen LogP contribution in [0.15, 0.2) is 48.5 Å². The molecule has 0 heterocycles. The molecule has 2 aromatic rings. The zero-order valence-electron chi connectivity index (χ0n) is 19.6. The maximum atomic E-state index is 8.99. The Morgan fingerprint density at radius 1 is 0.645 bits per heavy atom. The molecule has 1 N–H and O–H groups in total. The highest BCUT2D eigenvalue weighted by Gasteiger charge is 2.29. The molecule has 168 valence electrons. The van der Waals surface area contributed by atoms with Gasteiger partial charge in [-0.05, 0) is 97.3 Å². The molecule has 1 heteroatoms. The molecule has 0 radical (unpaired) electrons. The molecular weight excluding hydrogens is 376 g/mol. The van der Waals surface area contributed by atoms with Crippen LogP contribution in [0.2, 0.25) is 0 Å². The minimum absolute atomic E-state index is 0.268. The minimum Gasteiger partial charge on any atom is -0.396 e. The Morgan fingerprint density at radius 3 is 1.65 bits per heavy atom. The van der Waals surface area contributed by atoms with Crippen LogP contribution in [0.5, 0.6) is 0 Å². The van der Waals surface area contributed by atoms with Gasteiger partial charge in [0.25, 0.3) is 0 Å². The molecule has 0 saturated heterocycles. The standard InChI is InChI=1S/C30H42O/c1-23-4-14-27(15-5-23)28-18-10-25(11-19-28)6-7-26-12-20-30(21-13-26)29-16-8-24(9-17-29)3-2-22-31/h8-9,12-13,16-17,20-21,23,25,27-28,31H,2-7,10-11,14-15,18-19,22H2,1H3/t23-,25?,27-,28?. The number of aliphatic hydroxyl groups excluding tert-OH is 1. The third-order valence-corrected chi connectivity index (χ3v) is 8.32. The third kappa shape index (κ3) is 6.45. The molecule has 0 unspecified atom stereocenters. The Kier molecular flexibility index (Phi) is 8.25. The summed E-state index contributed by atoms with van der Waals surface area (Å²) in [7, 11) is 0. The maximum Gasteiger partial charge on any atom is 0.0434 e. The van der Waals surface area contributed by atoms with Gasteiger partial charge in [-0.3, -0.25) is 0 Å². The number of aryl methyl sites for hydroxylation is 2. The third-order valence-electron chi connectivity index (χ3n) is 8.32. The van der Waals surface area contributed by atoms with Crippen LogP contribution in [0.4, 0.5) is 0 Å². The van der Waals surface area contributed by atoms with Gasteiger partial charge >= 0.3 is 0 Å². The summed E-state index contributed by atoms with van der Waals surface area (Å²) in [5.74, 6) is 4.02. The van der Waals surface area contributed by atoms with E-state index >= 15 is 0 Å². The van der Waals surface area contributed by atoms with E-state index in [9.17, 15) is 0 Å². The summed E-state index contributed by atoms with van der Waals surface area (Å²) >= 11 is 0. The highest BCUT2D eigenvalue weighted by atomic mass is 16.2. The Morgan fingerprint density at radius 2 is 1.13 bits per heavy atom. The smallest absolute Gasteiger partial charge is 0.0434 e. The molecule has 0 atom stereocenters. The van der Waals surface area contributed by atoms with Gasteiger partial charge < -0.3 is 5.11 Å². The van der Waals surface area contributed by atoms with E-state index in [4.69, 9.17) is 5.11 Å². The van der Waals surface area contributed by atoms with Crippen LogP contribution in [0.3, 0.4) is 0 Å². The first-order valence-electron chi connectivity index (χ1n) is 13.0. The highest BCUT2D eigenvalue weighted by molar-refractivity contribution is 5.64. The number of benzene rings is 2. The van der Waals surface area contributed by atoms with Crippen molar-refractivity contribution in [3.8, 4) is 11.1 Å². The van der Waals surface area contributed by atoms with Gasteiger partial charge in [-0.1, -0.05) is 81.1 Å². The molecule has 0 spiro atoms.